The van der Waals surface area contributed by atoms with Crippen LogP contribution in [0, 0.1) is 0 Å². The molecule has 0 aliphatic heterocycles. The minimum absolute atomic E-state index is 0.0282. The first kappa shape index (κ1) is 20.1. The zero-order valence-electron chi connectivity index (χ0n) is 16.5. The van der Waals surface area contributed by atoms with E-state index in [9.17, 15) is 13.5 Å². The van der Waals surface area contributed by atoms with Crippen molar-refractivity contribution in [3.8, 4) is 16.9 Å². The fraction of sp³-hybridized carbons (Fsp3) is 0.174. The van der Waals surface area contributed by atoms with Crippen LogP contribution < -0.4 is 4.74 Å². The molecule has 1 N–H and O–H groups in total. The molecule has 1 aromatic heterocycles. The molecular formula is C23H22N2O4S. The van der Waals surface area contributed by atoms with Gasteiger partial charge in [-0.3, -0.25) is 0 Å². The van der Waals surface area contributed by atoms with Crippen LogP contribution in [0.5, 0.6) is 5.75 Å². The summed E-state index contributed by atoms with van der Waals surface area (Å²) in [5.74, 6) is 0.632. The molecule has 3 aromatic carbocycles. The van der Waals surface area contributed by atoms with Gasteiger partial charge in [0.05, 0.1) is 17.6 Å². The molecule has 0 amide bonds. The molecule has 1 heterocycles. The summed E-state index contributed by atoms with van der Waals surface area (Å²) in [6.07, 6.45) is 0.207. The van der Waals surface area contributed by atoms with E-state index in [-0.39, 0.29) is 18.3 Å². The van der Waals surface area contributed by atoms with Gasteiger partial charge in [-0.25, -0.2) is 13.4 Å². The molecule has 0 saturated heterocycles. The summed E-state index contributed by atoms with van der Waals surface area (Å²) in [5.41, 5.74) is 3.42. The Bertz CT molecular complexity index is 1250. The van der Waals surface area contributed by atoms with E-state index in [0.29, 0.717) is 16.8 Å². The number of ether oxygens (including phenoxy) is 1. The number of hydrogen-bond acceptors (Lipinski definition) is 5. The van der Waals surface area contributed by atoms with Crippen molar-refractivity contribution < 1.29 is 18.3 Å². The van der Waals surface area contributed by atoms with E-state index in [0.717, 1.165) is 17.4 Å². The molecule has 4 rings (SSSR count). The van der Waals surface area contributed by atoms with Crippen LogP contribution >= 0.6 is 0 Å². The molecule has 30 heavy (non-hydrogen) atoms. The van der Waals surface area contributed by atoms with E-state index in [2.05, 4.69) is 4.98 Å². The lowest BCUT2D eigenvalue weighted by Crippen LogP contribution is -2.25. The quantitative estimate of drug-likeness (QED) is 0.493. The Labute approximate surface area is 175 Å². The third-order valence-electron chi connectivity index (χ3n) is 4.75. The van der Waals surface area contributed by atoms with Crippen molar-refractivity contribution in [1.29, 1.82) is 0 Å². The summed E-state index contributed by atoms with van der Waals surface area (Å²) in [6, 6.07) is 24.8. The number of imidazole rings is 1. The van der Waals surface area contributed by atoms with Crippen molar-refractivity contribution in [2.45, 2.75) is 17.8 Å². The Kier molecular flexibility index (Phi) is 5.57. The Balaban J connectivity index is 1.46. The maximum absolute atomic E-state index is 12.1. The molecule has 0 radical (unpaired) electrons. The fourth-order valence-electron chi connectivity index (χ4n) is 3.34. The first-order valence-electron chi connectivity index (χ1n) is 9.53. The van der Waals surface area contributed by atoms with Gasteiger partial charge in [0, 0.05) is 6.26 Å². The molecule has 0 saturated carbocycles. The van der Waals surface area contributed by atoms with Gasteiger partial charge < -0.3 is 14.4 Å². The van der Waals surface area contributed by atoms with Gasteiger partial charge in [0.25, 0.3) is 0 Å². The molecule has 0 spiro atoms. The third-order valence-corrected chi connectivity index (χ3v) is 5.72. The van der Waals surface area contributed by atoms with Gasteiger partial charge in [0.15, 0.2) is 0 Å². The number of nitrogens with zero attached hydrogens (tertiary/aromatic N) is 2. The molecule has 0 fully saturated rings. The normalized spacial score (nSPS) is 12.7. The number of sulfone groups is 1. The molecule has 4 aromatic rings. The highest BCUT2D eigenvalue weighted by Crippen LogP contribution is 2.23. The Morgan fingerprint density at radius 2 is 1.57 bits per heavy atom. The minimum atomic E-state index is -3.54. The molecule has 0 aliphatic carbocycles. The van der Waals surface area contributed by atoms with Crippen molar-refractivity contribution in [3.05, 3.63) is 78.9 Å². The van der Waals surface area contributed by atoms with E-state index < -0.39 is 15.9 Å². The van der Waals surface area contributed by atoms with E-state index in [4.69, 9.17) is 4.74 Å². The number of benzene rings is 3. The lowest BCUT2D eigenvalue weighted by Gasteiger charge is -2.15. The molecule has 0 aliphatic rings. The van der Waals surface area contributed by atoms with Crippen molar-refractivity contribution in [2.24, 2.45) is 0 Å². The second kappa shape index (κ2) is 8.30. The largest absolute Gasteiger partial charge is 0.491 e. The summed E-state index contributed by atoms with van der Waals surface area (Å²) in [7, 11) is -3.54. The second-order valence-electron chi connectivity index (χ2n) is 7.12. The van der Waals surface area contributed by atoms with Gasteiger partial charge in [0.2, 0.25) is 15.0 Å². The van der Waals surface area contributed by atoms with Crippen LogP contribution in [0.15, 0.2) is 84.0 Å². The first-order valence-corrected chi connectivity index (χ1v) is 11.4. The number of aliphatic hydroxyl groups is 1. The maximum Gasteiger partial charge on any atom is 0.228 e. The van der Waals surface area contributed by atoms with Gasteiger partial charge in [-0.1, -0.05) is 54.6 Å². The molecule has 6 nitrogen and oxygen atoms in total. The van der Waals surface area contributed by atoms with E-state index in [1.54, 1.807) is 18.2 Å². The van der Waals surface area contributed by atoms with Crippen LogP contribution in [-0.4, -0.2) is 42.0 Å². The summed E-state index contributed by atoms with van der Waals surface area (Å²) < 4.78 is 31.5. The number of fused-ring (bicyclic) bond motifs is 1. The van der Waals surface area contributed by atoms with Gasteiger partial charge >= 0.3 is 0 Å². The lowest BCUT2D eigenvalue weighted by atomic mass is 10.1. The lowest BCUT2D eigenvalue weighted by molar-refractivity contribution is 0.0913. The third kappa shape index (κ3) is 4.37. The van der Waals surface area contributed by atoms with Gasteiger partial charge in [-0.05, 0) is 35.4 Å². The molecule has 154 valence electrons. The predicted molar refractivity (Wildman–Crippen MR) is 116 cm³/mol. The predicted octanol–water partition coefficient (Wildman–Crippen LogP) is 3.55. The summed E-state index contributed by atoms with van der Waals surface area (Å²) in [6.45, 7) is 0.0887. The van der Waals surface area contributed by atoms with E-state index >= 15 is 0 Å². The van der Waals surface area contributed by atoms with Crippen molar-refractivity contribution >= 4 is 20.9 Å². The van der Waals surface area contributed by atoms with Crippen molar-refractivity contribution in [3.63, 3.8) is 0 Å². The zero-order valence-corrected chi connectivity index (χ0v) is 17.3. The average molecular weight is 423 g/mol. The Morgan fingerprint density at radius 1 is 0.933 bits per heavy atom. The van der Waals surface area contributed by atoms with Crippen LogP contribution in [0.1, 0.15) is 0 Å². The second-order valence-corrected chi connectivity index (χ2v) is 9.03. The summed E-state index contributed by atoms with van der Waals surface area (Å²) in [4.78, 5) is 4.22. The standard InChI is InChI=1S/C23H22N2O4S/c1-30(27,28)23-24-21-9-5-6-10-22(21)25(23)15-19(26)16-29-20-13-11-18(12-14-20)17-7-3-2-4-8-17/h2-14,19,26H,15-16H2,1H3. The van der Waals surface area contributed by atoms with Crippen LogP contribution in [0.2, 0.25) is 0 Å². The highest BCUT2D eigenvalue weighted by Gasteiger charge is 2.21. The summed E-state index contributed by atoms with van der Waals surface area (Å²) in [5, 5.41) is 10.4. The number of aromatic nitrogens is 2. The number of para-hydroxylation sites is 2. The zero-order chi connectivity index (χ0) is 21.1. The van der Waals surface area contributed by atoms with Crippen LogP contribution in [0.25, 0.3) is 22.2 Å². The molecule has 1 unspecified atom stereocenters. The molecule has 0 bridgehead atoms. The number of aliphatic hydroxyl groups excluding tert-OH is 1. The maximum atomic E-state index is 12.1. The van der Waals surface area contributed by atoms with E-state index in [1.807, 2.05) is 60.7 Å². The minimum Gasteiger partial charge on any atom is -0.491 e. The fourth-order valence-corrected chi connectivity index (χ4v) is 4.18. The monoisotopic (exact) mass is 422 g/mol. The molecule has 7 heteroatoms. The average Bonchev–Trinajstić information content (AvgIpc) is 3.12. The number of rotatable bonds is 7. The molecular weight excluding hydrogens is 400 g/mol. The van der Waals surface area contributed by atoms with E-state index in [1.165, 1.54) is 4.57 Å². The van der Waals surface area contributed by atoms with Gasteiger partial charge in [-0.2, -0.15) is 0 Å². The molecule has 1 atom stereocenters. The van der Waals surface area contributed by atoms with Gasteiger partial charge in [0.1, 0.15) is 18.5 Å². The Hall–Kier alpha value is -3.16. The highest BCUT2D eigenvalue weighted by atomic mass is 32.2. The van der Waals surface area contributed by atoms with Crippen LogP contribution in [0.4, 0.5) is 0 Å². The Morgan fingerprint density at radius 3 is 2.27 bits per heavy atom. The summed E-state index contributed by atoms with van der Waals surface area (Å²) >= 11 is 0. The smallest absolute Gasteiger partial charge is 0.228 e. The van der Waals surface area contributed by atoms with Crippen molar-refractivity contribution in [2.75, 3.05) is 12.9 Å². The van der Waals surface area contributed by atoms with Crippen LogP contribution in [0.3, 0.4) is 0 Å². The SMILES string of the molecule is CS(=O)(=O)c1nc2ccccc2n1CC(O)COc1ccc(-c2ccccc2)cc1. The van der Waals surface area contributed by atoms with Crippen molar-refractivity contribution in [1.82, 2.24) is 9.55 Å². The highest BCUT2D eigenvalue weighted by molar-refractivity contribution is 7.90. The topological polar surface area (TPSA) is 81.4 Å². The number of hydrogen-bond donors (Lipinski definition) is 1. The van der Waals surface area contributed by atoms with Crippen LogP contribution in [-0.2, 0) is 16.4 Å². The van der Waals surface area contributed by atoms with Gasteiger partial charge in [-0.15, -0.1) is 0 Å². The first-order chi connectivity index (χ1) is 14.4.